The van der Waals surface area contributed by atoms with Crippen molar-refractivity contribution in [2.24, 2.45) is 17.8 Å². The Morgan fingerprint density at radius 3 is 2.37 bits per heavy atom. The summed E-state index contributed by atoms with van der Waals surface area (Å²) in [5.41, 5.74) is 4.32. The Balaban J connectivity index is 1.26. The summed E-state index contributed by atoms with van der Waals surface area (Å²) >= 11 is 0. The first kappa shape index (κ1) is 25.7. The summed E-state index contributed by atoms with van der Waals surface area (Å²) in [6, 6.07) is 14.2. The molecule has 8 heteroatoms. The second kappa shape index (κ2) is 9.66. The number of carbonyl (C=O) groups excluding carboxylic acids is 4. The Morgan fingerprint density at radius 2 is 1.63 bits per heavy atom. The molecule has 1 N–H and O–H groups in total. The maximum atomic E-state index is 14.1. The number of phenols is 1. The highest BCUT2D eigenvalue weighted by Crippen LogP contribution is 2.55. The predicted octanol–water partition coefficient (Wildman–Crippen LogP) is 3.86. The van der Waals surface area contributed by atoms with Crippen molar-refractivity contribution >= 4 is 34.8 Å². The van der Waals surface area contributed by atoms with Gasteiger partial charge in [0.2, 0.25) is 11.8 Å². The smallest absolute Gasteiger partial charge is 0.238 e. The molecule has 2 aliphatic heterocycles. The lowest BCUT2D eigenvalue weighted by Gasteiger charge is -2.42. The van der Waals surface area contributed by atoms with Crippen molar-refractivity contribution in [1.29, 1.82) is 0 Å². The number of nitrogens with zero attached hydrogens (tertiary/aromatic N) is 2. The molecule has 0 radical (unpaired) electrons. The zero-order valence-electron chi connectivity index (χ0n) is 22.7. The molecule has 8 nitrogen and oxygen atoms in total. The average molecular weight is 551 g/mol. The first-order valence-electron chi connectivity index (χ1n) is 14.1. The Morgan fingerprint density at radius 1 is 0.902 bits per heavy atom. The average Bonchev–Trinajstić information content (AvgIpc) is 3.25. The number of morpholine rings is 1. The number of benzene rings is 2. The Bertz CT molecular complexity index is 1590. The van der Waals surface area contributed by atoms with Gasteiger partial charge in [-0.15, -0.1) is 0 Å². The van der Waals surface area contributed by atoms with Crippen LogP contribution in [0, 0.1) is 17.8 Å². The fraction of sp³-hybridized carbons (Fsp3) is 0.333. The molecule has 0 spiro atoms. The fourth-order valence-corrected chi connectivity index (χ4v) is 7.35. The molecule has 0 aromatic heterocycles. The maximum Gasteiger partial charge on any atom is 0.238 e. The minimum absolute atomic E-state index is 0.0567. The number of Topliss-reactive ketones (excluding diaryl/α,β-unsaturated/α-hetero) is 1. The molecule has 5 aliphatic rings. The summed E-state index contributed by atoms with van der Waals surface area (Å²) in [5.74, 6) is -3.00. The van der Waals surface area contributed by atoms with Gasteiger partial charge in [-0.25, -0.2) is 0 Å². The molecular formula is C33H30N2O6. The quantitative estimate of drug-likeness (QED) is 0.352. The molecular weight excluding hydrogens is 520 g/mol. The number of ketones is 2. The van der Waals surface area contributed by atoms with Gasteiger partial charge < -0.3 is 14.7 Å². The number of allylic oxidation sites excluding steroid dienone is 6. The zero-order chi connectivity index (χ0) is 28.4. The monoisotopic (exact) mass is 550 g/mol. The number of aromatic hydroxyl groups is 1. The van der Waals surface area contributed by atoms with Crippen LogP contribution in [0.5, 0.6) is 5.75 Å². The number of hydrogen-bond acceptors (Lipinski definition) is 7. The summed E-state index contributed by atoms with van der Waals surface area (Å²) in [7, 11) is 0. The molecule has 7 rings (SSSR count). The van der Waals surface area contributed by atoms with E-state index in [1.54, 1.807) is 25.1 Å². The minimum Gasteiger partial charge on any atom is -0.508 e. The van der Waals surface area contributed by atoms with E-state index in [0.717, 1.165) is 24.4 Å². The van der Waals surface area contributed by atoms with Crippen LogP contribution in [0.4, 0.5) is 11.4 Å². The van der Waals surface area contributed by atoms with Crippen LogP contribution < -0.4 is 9.80 Å². The maximum absolute atomic E-state index is 14.1. The lowest BCUT2D eigenvalue weighted by molar-refractivity contribution is -0.123. The molecule has 2 saturated heterocycles. The zero-order valence-corrected chi connectivity index (χ0v) is 22.7. The second-order valence-corrected chi connectivity index (χ2v) is 11.5. The summed E-state index contributed by atoms with van der Waals surface area (Å²) in [6.45, 7) is 4.53. The number of hydrogen-bond donors (Lipinski definition) is 1. The van der Waals surface area contributed by atoms with Gasteiger partial charge >= 0.3 is 0 Å². The topological polar surface area (TPSA) is 104 Å². The van der Waals surface area contributed by atoms with E-state index in [4.69, 9.17) is 4.74 Å². The van der Waals surface area contributed by atoms with Crippen molar-refractivity contribution in [3.05, 3.63) is 88.5 Å². The van der Waals surface area contributed by atoms with E-state index in [0.29, 0.717) is 47.6 Å². The summed E-state index contributed by atoms with van der Waals surface area (Å²) in [5, 5.41) is 10.3. The van der Waals surface area contributed by atoms with E-state index in [9.17, 15) is 24.3 Å². The standard InChI is InChI=1S/C33H30N2O6/c1-18-15-27(37)30-26(31(18)38)17-25-23(28(30)19-3-2-4-22(36)16-19)9-10-24-29(25)33(40)35(32(24)39)21-7-5-20(6-8-21)34-11-13-41-14-12-34/h2-9,15-16,24-25,28-29,36H,10-14,17H2,1H3. The van der Waals surface area contributed by atoms with Crippen LogP contribution in [0.1, 0.15) is 31.2 Å². The van der Waals surface area contributed by atoms with Crippen LogP contribution in [0.3, 0.4) is 0 Å². The fourth-order valence-electron chi connectivity index (χ4n) is 7.35. The van der Waals surface area contributed by atoms with Gasteiger partial charge in [0.05, 0.1) is 30.7 Å². The van der Waals surface area contributed by atoms with Crippen molar-refractivity contribution in [2.75, 3.05) is 36.1 Å². The van der Waals surface area contributed by atoms with Crippen LogP contribution in [0.2, 0.25) is 0 Å². The van der Waals surface area contributed by atoms with Crippen LogP contribution in [-0.4, -0.2) is 54.8 Å². The molecule has 2 heterocycles. The van der Waals surface area contributed by atoms with Gasteiger partial charge in [-0.05, 0) is 73.7 Å². The molecule has 4 unspecified atom stereocenters. The highest BCUT2D eigenvalue weighted by molar-refractivity contribution is 6.25. The first-order valence-corrected chi connectivity index (χ1v) is 14.1. The third kappa shape index (κ3) is 4.00. The van der Waals surface area contributed by atoms with Crippen molar-refractivity contribution in [2.45, 2.75) is 25.7 Å². The molecule has 2 amide bonds. The van der Waals surface area contributed by atoms with E-state index in [1.165, 1.54) is 11.0 Å². The van der Waals surface area contributed by atoms with Crippen molar-refractivity contribution in [1.82, 2.24) is 0 Å². The highest BCUT2D eigenvalue weighted by Gasteiger charge is 2.56. The normalized spacial score (nSPS) is 27.8. The Hall–Kier alpha value is -4.30. The van der Waals surface area contributed by atoms with Gasteiger partial charge in [0.15, 0.2) is 11.6 Å². The van der Waals surface area contributed by atoms with Gasteiger partial charge in [0.25, 0.3) is 0 Å². The molecule has 2 fully saturated rings. The molecule has 0 saturated carbocycles. The van der Waals surface area contributed by atoms with E-state index < -0.39 is 23.7 Å². The summed E-state index contributed by atoms with van der Waals surface area (Å²) in [6.07, 6.45) is 3.98. The molecule has 2 aromatic rings. The number of rotatable bonds is 3. The van der Waals surface area contributed by atoms with E-state index in [2.05, 4.69) is 4.90 Å². The van der Waals surface area contributed by atoms with E-state index in [-0.39, 0.29) is 35.6 Å². The van der Waals surface area contributed by atoms with Crippen LogP contribution in [0.15, 0.2) is 83.0 Å². The Labute approximate surface area is 237 Å². The second-order valence-electron chi connectivity index (χ2n) is 11.5. The Kier molecular flexibility index (Phi) is 6.05. The first-order chi connectivity index (χ1) is 19.8. The van der Waals surface area contributed by atoms with E-state index >= 15 is 0 Å². The number of imide groups is 1. The summed E-state index contributed by atoms with van der Waals surface area (Å²) in [4.78, 5) is 58.1. The number of carbonyl (C=O) groups is 4. The van der Waals surface area contributed by atoms with Gasteiger partial charge in [0.1, 0.15) is 5.75 Å². The molecule has 208 valence electrons. The van der Waals surface area contributed by atoms with Crippen LogP contribution >= 0.6 is 0 Å². The molecule has 4 atom stereocenters. The number of anilines is 2. The molecule has 41 heavy (non-hydrogen) atoms. The number of fused-ring (bicyclic) bond motifs is 3. The number of ether oxygens (including phenoxy) is 1. The molecule has 0 bridgehead atoms. The minimum atomic E-state index is -0.635. The van der Waals surface area contributed by atoms with Gasteiger partial charge in [-0.1, -0.05) is 23.8 Å². The van der Waals surface area contributed by atoms with Crippen molar-refractivity contribution in [3.63, 3.8) is 0 Å². The lowest BCUT2D eigenvalue weighted by atomic mass is 9.59. The van der Waals surface area contributed by atoms with Gasteiger partial charge in [0, 0.05) is 41.4 Å². The SMILES string of the molecule is CC1=CC(=O)C2=C(CC3C(=CCC4C(=O)N(c5ccc(N6CCOCC6)cc5)C(=O)C43)C2c2cccc(O)c2)C1=O. The molecule has 3 aliphatic carbocycles. The third-order valence-electron chi connectivity index (χ3n) is 9.25. The van der Waals surface area contributed by atoms with Gasteiger partial charge in [-0.3, -0.25) is 24.1 Å². The van der Waals surface area contributed by atoms with Crippen LogP contribution in [-0.2, 0) is 23.9 Å². The summed E-state index contributed by atoms with van der Waals surface area (Å²) < 4.78 is 5.44. The van der Waals surface area contributed by atoms with Gasteiger partial charge in [-0.2, -0.15) is 0 Å². The molecule has 2 aromatic carbocycles. The highest BCUT2D eigenvalue weighted by atomic mass is 16.5. The van der Waals surface area contributed by atoms with E-state index in [1.807, 2.05) is 36.4 Å². The number of phenolic OH excluding ortho intramolecular Hbond substituents is 1. The van der Waals surface area contributed by atoms with Crippen molar-refractivity contribution in [3.8, 4) is 5.75 Å². The van der Waals surface area contributed by atoms with Crippen molar-refractivity contribution < 1.29 is 29.0 Å². The predicted molar refractivity (Wildman–Crippen MR) is 151 cm³/mol. The lowest BCUT2D eigenvalue weighted by Crippen LogP contribution is -2.39. The third-order valence-corrected chi connectivity index (χ3v) is 9.25. The van der Waals surface area contributed by atoms with Crippen LogP contribution in [0.25, 0.3) is 0 Å². The number of amides is 2. The largest absolute Gasteiger partial charge is 0.508 e.